The summed E-state index contributed by atoms with van der Waals surface area (Å²) >= 11 is 0. The third kappa shape index (κ3) is 3.01. The second-order valence-electron chi connectivity index (χ2n) is 4.82. The van der Waals surface area contributed by atoms with Crippen molar-refractivity contribution in [1.82, 2.24) is 15.1 Å². The molecule has 0 aromatic carbocycles. The highest BCUT2D eigenvalue weighted by molar-refractivity contribution is 5.23. The molecule has 0 radical (unpaired) electrons. The molecule has 1 N–H and O–H groups in total. The van der Waals surface area contributed by atoms with E-state index in [2.05, 4.69) is 29.6 Å². The lowest BCUT2D eigenvalue weighted by Crippen LogP contribution is -2.21. The fourth-order valence-corrected chi connectivity index (χ4v) is 2.22. The zero-order valence-corrected chi connectivity index (χ0v) is 11.5. The Morgan fingerprint density at radius 2 is 2.22 bits per heavy atom. The van der Waals surface area contributed by atoms with Gasteiger partial charge >= 0.3 is 0 Å². The molecular weight excluding hydrogens is 226 g/mol. The molecule has 0 fully saturated rings. The Bertz CT molecular complexity index is 513. The van der Waals surface area contributed by atoms with Gasteiger partial charge in [0.1, 0.15) is 11.5 Å². The minimum Gasteiger partial charge on any atom is -0.466 e. The van der Waals surface area contributed by atoms with E-state index >= 15 is 0 Å². The highest BCUT2D eigenvalue weighted by Crippen LogP contribution is 2.20. The van der Waals surface area contributed by atoms with E-state index in [1.54, 1.807) is 0 Å². The summed E-state index contributed by atoms with van der Waals surface area (Å²) in [5, 5.41) is 7.68. The summed E-state index contributed by atoms with van der Waals surface area (Å²) in [6, 6.07) is 2.43. The van der Waals surface area contributed by atoms with Gasteiger partial charge in [-0.3, -0.25) is 4.68 Å². The monoisotopic (exact) mass is 247 g/mol. The molecule has 4 heteroatoms. The summed E-state index contributed by atoms with van der Waals surface area (Å²) in [5.74, 6) is 1.98. The van der Waals surface area contributed by atoms with Crippen LogP contribution in [0.4, 0.5) is 0 Å². The Balaban J connectivity index is 1.85. The number of hydrogen-bond acceptors (Lipinski definition) is 3. The highest BCUT2D eigenvalue weighted by atomic mass is 16.3. The molecule has 18 heavy (non-hydrogen) atoms. The van der Waals surface area contributed by atoms with Crippen LogP contribution in [0.5, 0.6) is 0 Å². The summed E-state index contributed by atoms with van der Waals surface area (Å²) in [7, 11) is 1.94. The van der Waals surface area contributed by atoms with Gasteiger partial charge in [-0.2, -0.15) is 5.10 Å². The smallest absolute Gasteiger partial charge is 0.105 e. The third-order valence-corrected chi connectivity index (χ3v) is 3.17. The molecule has 2 rings (SSSR count). The maximum Gasteiger partial charge on any atom is 0.105 e. The lowest BCUT2D eigenvalue weighted by molar-refractivity contribution is 0.490. The van der Waals surface area contributed by atoms with Crippen molar-refractivity contribution in [3.05, 3.63) is 41.1 Å². The lowest BCUT2D eigenvalue weighted by atomic mass is 10.1. The molecular formula is C14H21N3O. The second kappa shape index (κ2) is 5.40. The van der Waals surface area contributed by atoms with E-state index in [-0.39, 0.29) is 0 Å². The normalized spacial score (nSPS) is 12.9. The molecule has 98 valence electrons. The van der Waals surface area contributed by atoms with Crippen LogP contribution in [0.1, 0.15) is 35.6 Å². The Morgan fingerprint density at radius 3 is 2.78 bits per heavy atom. The summed E-state index contributed by atoms with van der Waals surface area (Å²) in [4.78, 5) is 0. The summed E-state index contributed by atoms with van der Waals surface area (Å²) in [5.41, 5.74) is 2.51. The minimum atomic E-state index is 0.319. The molecule has 0 bridgehead atoms. The first-order valence-electron chi connectivity index (χ1n) is 6.34. The molecule has 2 heterocycles. The number of aromatic nitrogens is 2. The topological polar surface area (TPSA) is 43.0 Å². The van der Waals surface area contributed by atoms with Crippen molar-refractivity contribution in [2.24, 2.45) is 7.05 Å². The zero-order chi connectivity index (χ0) is 13.1. The summed E-state index contributed by atoms with van der Waals surface area (Å²) in [6.45, 7) is 7.11. The number of aryl methyl sites for hydroxylation is 3. The molecule has 1 unspecified atom stereocenters. The summed E-state index contributed by atoms with van der Waals surface area (Å²) in [6.07, 6.45) is 4.97. The van der Waals surface area contributed by atoms with Gasteiger partial charge in [-0.05, 0) is 45.4 Å². The van der Waals surface area contributed by atoms with Gasteiger partial charge in [0.25, 0.3) is 0 Å². The number of furan rings is 1. The zero-order valence-electron chi connectivity index (χ0n) is 11.5. The molecule has 0 saturated heterocycles. The predicted molar refractivity (Wildman–Crippen MR) is 71.5 cm³/mol. The highest BCUT2D eigenvalue weighted by Gasteiger charge is 2.11. The SMILES string of the molecule is Cc1cc(C(C)NCCc2cnn(C)c2)c(C)o1. The van der Waals surface area contributed by atoms with E-state index < -0.39 is 0 Å². The van der Waals surface area contributed by atoms with Crippen LogP contribution >= 0.6 is 0 Å². The number of nitrogens with zero attached hydrogens (tertiary/aromatic N) is 2. The first kappa shape index (κ1) is 12.9. The van der Waals surface area contributed by atoms with Crippen LogP contribution in [-0.4, -0.2) is 16.3 Å². The van der Waals surface area contributed by atoms with Gasteiger partial charge in [-0.15, -0.1) is 0 Å². The van der Waals surface area contributed by atoms with Crippen molar-refractivity contribution in [2.75, 3.05) is 6.54 Å². The molecule has 0 amide bonds. The Labute approximate surface area is 108 Å². The number of hydrogen-bond donors (Lipinski definition) is 1. The predicted octanol–water partition coefficient (Wildman–Crippen LogP) is 2.52. The van der Waals surface area contributed by atoms with Gasteiger partial charge < -0.3 is 9.73 Å². The van der Waals surface area contributed by atoms with Crippen molar-refractivity contribution < 1.29 is 4.42 Å². The van der Waals surface area contributed by atoms with Crippen LogP contribution in [0.2, 0.25) is 0 Å². The van der Waals surface area contributed by atoms with Gasteiger partial charge in [-0.25, -0.2) is 0 Å². The van der Waals surface area contributed by atoms with Gasteiger partial charge in [0.2, 0.25) is 0 Å². The fourth-order valence-electron chi connectivity index (χ4n) is 2.22. The largest absolute Gasteiger partial charge is 0.466 e. The molecule has 0 aliphatic rings. The lowest BCUT2D eigenvalue weighted by Gasteiger charge is -2.12. The maximum atomic E-state index is 5.55. The van der Waals surface area contributed by atoms with Crippen LogP contribution in [-0.2, 0) is 13.5 Å². The molecule has 0 aliphatic heterocycles. The molecule has 0 aliphatic carbocycles. The maximum absolute atomic E-state index is 5.55. The van der Waals surface area contributed by atoms with Gasteiger partial charge in [0.05, 0.1) is 6.20 Å². The van der Waals surface area contributed by atoms with Crippen LogP contribution < -0.4 is 5.32 Å². The molecule has 2 aromatic heterocycles. The van der Waals surface area contributed by atoms with Gasteiger partial charge in [0.15, 0.2) is 0 Å². The van der Waals surface area contributed by atoms with E-state index in [0.29, 0.717) is 6.04 Å². The van der Waals surface area contributed by atoms with Gasteiger partial charge in [0, 0.05) is 24.8 Å². The van der Waals surface area contributed by atoms with Crippen LogP contribution in [0.25, 0.3) is 0 Å². The molecule has 0 saturated carbocycles. The van der Waals surface area contributed by atoms with Crippen molar-refractivity contribution >= 4 is 0 Å². The van der Waals surface area contributed by atoms with Crippen LogP contribution in [0.3, 0.4) is 0 Å². The van der Waals surface area contributed by atoms with E-state index in [4.69, 9.17) is 4.42 Å². The second-order valence-corrected chi connectivity index (χ2v) is 4.82. The van der Waals surface area contributed by atoms with Crippen LogP contribution in [0.15, 0.2) is 22.9 Å². The van der Waals surface area contributed by atoms with E-state index in [0.717, 1.165) is 24.5 Å². The Hall–Kier alpha value is -1.55. The quantitative estimate of drug-likeness (QED) is 0.883. The standard InChI is InChI=1S/C14H21N3O/c1-10-7-14(12(3)18-10)11(2)15-6-5-13-8-16-17(4)9-13/h7-9,11,15H,5-6H2,1-4H3. The van der Waals surface area contributed by atoms with E-state index in [9.17, 15) is 0 Å². The molecule has 2 aromatic rings. The van der Waals surface area contributed by atoms with Crippen molar-refractivity contribution in [1.29, 1.82) is 0 Å². The minimum absolute atomic E-state index is 0.319. The first-order valence-corrected chi connectivity index (χ1v) is 6.34. The number of rotatable bonds is 5. The average molecular weight is 247 g/mol. The molecule has 0 spiro atoms. The Morgan fingerprint density at radius 1 is 1.44 bits per heavy atom. The van der Waals surface area contributed by atoms with Crippen molar-refractivity contribution in [3.63, 3.8) is 0 Å². The Kier molecular flexibility index (Phi) is 3.87. The van der Waals surface area contributed by atoms with E-state index in [1.807, 2.05) is 31.8 Å². The molecule has 4 nitrogen and oxygen atoms in total. The van der Waals surface area contributed by atoms with E-state index in [1.165, 1.54) is 11.1 Å². The molecule has 1 atom stereocenters. The van der Waals surface area contributed by atoms with Crippen molar-refractivity contribution in [3.8, 4) is 0 Å². The summed E-state index contributed by atoms with van der Waals surface area (Å²) < 4.78 is 7.39. The average Bonchev–Trinajstić information content (AvgIpc) is 2.85. The van der Waals surface area contributed by atoms with Crippen LogP contribution in [0, 0.1) is 13.8 Å². The number of nitrogens with one attached hydrogen (secondary N) is 1. The van der Waals surface area contributed by atoms with Gasteiger partial charge in [-0.1, -0.05) is 0 Å². The fraction of sp³-hybridized carbons (Fsp3) is 0.500. The van der Waals surface area contributed by atoms with Crippen molar-refractivity contribution in [2.45, 2.75) is 33.2 Å². The first-order chi connectivity index (χ1) is 8.56. The third-order valence-electron chi connectivity index (χ3n) is 3.17.